The molecule has 1 aliphatic carbocycles. The van der Waals surface area contributed by atoms with Gasteiger partial charge < -0.3 is 5.32 Å². The molecule has 1 aliphatic heterocycles. The lowest BCUT2D eigenvalue weighted by atomic mass is 9.97. The molecule has 1 aromatic rings. The van der Waals surface area contributed by atoms with Gasteiger partial charge in [0.25, 0.3) is 0 Å². The normalized spacial score (nSPS) is 26.3. The first-order valence-electron chi connectivity index (χ1n) is 7.92. The van der Waals surface area contributed by atoms with Crippen molar-refractivity contribution >= 4 is 0 Å². The Bertz CT molecular complexity index is 386. The Hall–Kier alpha value is -0.860. The van der Waals surface area contributed by atoms with Crippen molar-refractivity contribution in [1.82, 2.24) is 10.2 Å². The van der Waals surface area contributed by atoms with Gasteiger partial charge in [-0.3, -0.25) is 4.90 Å². The van der Waals surface area contributed by atoms with Crippen LogP contribution >= 0.6 is 0 Å². The fourth-order valence-corrected chi connectivity index (χ4v) is 3.39. The first kappa shape index (κ1) is 13.1. The van der Waals surface area contributed by atoms with Crippen molar-refractivity contribution in [3.63, 3.8) is 0 Å². The molecule has 2 nitrogen and oxygen atoms in total. The van der Waals surface area contributed by atoms with Crippen LogP contribution in [0.25, 0.3) is 0 Å². The summed E-state index contributed by atoms with van der Waals surface area (Å²) in [6.45, 7) is 4.80. The largest absolute Gasteiger partial charge is 0.310 e. The van der Waals surface area contributed by atoms with Crippen molar-refractivity contribution in [2.75, 3.05) is 13.1 Å². The lowest BCUT2D eigenvalue weighted by Crippen LogP contribution is -2.47. The molecular weight excluding hydrogens is 232 g/mol. The van der Waals surface area contributed by atoms with Gasteiger partial charge in [-0.05, 0) is 44.2 Å². The minimum atomic E-state index is 0.602. The molecule has 3 rings (SSSR count). The van der Waals surface area contributed by atoms with E-state index in [9.17, 15) is 0 Å². The van der Waals surface area contributed by atoms with Crippen molar-refractivity contribution in [2.24, 2.45) is 0 Å². The van der Waals surface area contributed by atoms with Crippen molar-refractivity contribution in [1.29, 1.82) is 0 Å². The Labute approximate surface area is 117 Å². The van der Waals surface area contributed by atoms with Crippen LogP contribution in [0, 0.1) is 0 Å². The van der Waals surface area contributed by atoms with Crippen LogP contribution in [0.15, 0.2) is 30.3 Å². The van der Waals surface area contributed by atoms with Crippen LogP contribution < -0.4 is 5.32 Å². The van der Waals surface area contributed by atoms with Crippen LogP contribution in [-0.4, -0.2) is 30.1 Å². The fourth-order valence-electron chi connectivity index (χ4n) is 3.39. The Morgan fingerprint density at radius 2 is 1.95 bits per heavy atom. The summed E-state index contributed by atoms with van der Waals surface area (Å²) in [6.07, 6.45) is 6.70. The van der Waals surface area contributed by atoms with E-state index in [0.29, 0.717) is 6.04 Å². The maximum Gasteiger partial charge on any atom is 0.0346 e. The summed E-state index contributed by atoms with van der Waals surface area (Å²) in [7, 11) is 0. The number of likely N-dealkylation sites (tertiary alicyclic amines) is 1. The molecule has 1 aromatic carbocycles. The molecule has 1 saturated carbocycles. The standard InChI is InChI=1S/C17H26N2/c1-2-17(14-7-4-3-5-8-14)19-12-6-9-16(13-19)18-15-10-11-15/h3-5,7-8,15-18H,2,6,9-13H2,1H3. The van der Waals surface area contributed by atoms with Gasteiger partial charge in [0.2, 0.25) is 0 Å². The minimum Gasteiger partial charge on any atom is -0.310 e. The summed E-state index contributed by atoms with van der Waals surface area (Å²) in [4.78, 5) is 2.69. The van der Waals surface area contributed by atoms with Gasteiger partial charge in [-0.25, -0.2) is 0 Å². The second-order valence-corrected chi connectivity index (χ2v) is 6.11. The van der Waals surface area contributed by atoms with Crippen molar-refractivity contribution < 1.29 is 0 Å². The molecule has 1 saturated heterocycles. The minimum absolute atomic E-state index is 0.602. The van der Waals surface area contributed by atoms with Crippen molar-refractivity contribution in [3.05, 3.63) is 35.9 Å². The number of hydrogen-bond acceptors (Lipinski definition) is 2. The molecule has 19 heavy (non-hydrogen) atoms. The van der Waals surface area contributed by atoms with Crippen molar-refractivity contribution in [3.8, 4) is 0 Å². The summed E-state index contributed by atoms with van der Waals surface area (Å²) in [5, 5.41) is 3.81. The average molecular weight is 258 g/mol. The molecule has 0 bridgehead atoms. The van der Waals surface area contributed by atoms with Gasteiger partial charge in [-0.1, -0.05) is 37.3 Å². The molecule has 1 N–H and O–H groups in total. The van der Waals surface area contributed by atoms with E-state index in [1.165, 1.54) is 50.8 Å². The van der Waals surface area contributed by atoms with Crippen LogP contribution in [0.4, 0.5) is 0 Å². The molecule has 1 heterocycles. The zero-order chi connectivity index (χ0) is 13.1. The highest BCUT2D eigenvalue weighted by Crippen LogP contribution is 2.28. The molecule has 0 amide bonds. The summed E-state index contributed by atoms with van der Waals surface area (Å²) in [5.41, 5.74) is 1.48. The molecule has 2 unspecified atom stereocenters. The Morgan fingerprint density at radius 1 is 1.16 bits per heavy atom. The van der Waals surface area contributed by atoms with Gasteiger partial charge in [0, 0.05) is 24.7 Å². The highest BCUT2D eigenvalue weighted by molar-refractivity contribution is 5.19. The molecule has 2 heteroatoms. The summed E-state index contributed by atoms with van der Waals surface area (Å²) in [6, 6.07) is 13.2. The highest BCUT2D eigenvalue weighted by atomic mass is 15.2. The topological polar surface area (TPSA) is 15.3 Å². The summed E-state index contributed by atoms with van der Waals surface area (Å²) in [5.74, 6) is 0. The van der Waals surface area contributed by atoms with E-state index in [1.807, 2.05) is 0 Å². The Morgan fingerprint density at radius 3 is 2.63 bits per heavy atom. The van der Waals surface area contributed by atoms with E-state index in [4.69, 9.17) is 0 Å². The Kier molecular flexibility index (Phi) is 4.19. The zero-order valence-corrected chi connectivity index (χ0v) is 12.0. The van der Waals surface area contributed by atoms with E-state index in [-0.39, 0.29) is 0 Å². The van der Waals surface area contributed by atoms with E-state index in [0.717, 1.165) is 12.1 Å². The molecule has 0 aromatic heterocycles. The predicted molar refractivity (Wildman–Crippen MR) is 80.2 cm³/mol. The van der Waals surface area contributed by atoms with Crippen LogP contribution in [0.3, 0.4) is 0 Å². The number of piperidine rings is 1. The molecule has 0 radical (unpaired) electrons. The van der Waals surface area contributed by atoms with Gasteiger partial charge in [0.05, 0.1) is 0 Å². The molecule has 0 spiro atoms. The SMILES string of the molecule is CCC(c1ccccc1)N1CCCC(NC2CC2)C1. The summed E-state index contributed by atoms with van der Waals surface area (Å²) < 4.78 is 0. The van der Waals surface area contributed by atoms with E-state index >= 15 is 0 Å². The number of hydrogen-bond donors (Lipinski definition) is 1. The third kappa shape index (κ3) is 3.37. The number of nitrogens with one attached hydrogen (secondary N) is 1. The Balaban J connectivity index is 1.65. The van der Waals surface area contributed by atoms with E-state index in [2.05, 4.69) is 47.5 Å². The molecular formula is C17H26N2. The van der Waals surface area contributed by atoms with Crippen LogP contribution in [0.5, 0.6) is 0 Å². The quantitative estimate of drug-likeness (QED) is 0.871. The van der Waals surface area contributed by atoms with Crippen LogP contribution in [-0.2, 0) is 0 Å². The molecule has 2 atom stereocenters. The van der Waals surface area contributed by atoms with Gasteiger partial charge in [0.1, 0.15) is 0 Å². The zero-order valence-electron chi connectivity index (χ0n) is 12.0. The number of nitrogens with zero attached hydrogens (tertiary/aromatic N) is 1. The lowest BCUT2D eigenvalue weighted by molar-refractivity contribution is 0.132. The predicted octanol–water partition coefficient (Wildman–Crippen LogP) is 3.35. The third-order valence-corrected chi connectivity index (χ3v) is 4.51. The second-order valence-electron chi connectivity index (χ2n) is 6.11. The van der Waals surface area contributed by atoms with Gasteiger partial charge >= 0.3 is 0 Å². The summed E-state index contributed by atoms with van der Waals surface area (Å²) >= 11 is 0. The average Bonchev–Trinajstić information content (AvgIpc) is 3.25. The molecule has 104 valence electrons. The van der Waals surface area contributed by atoms with Crippen LogP contribution in [0.2, 0.25) is 0 Å². The second kappa shape index (κ2) is 6.06. The molecule has 2 fully saturated rings. The first-order chi connectivity index (χ1) is 9.36. The smallest absolute Gasteiger partial charge is 0.0346 e. The number of rotatable bonds is 5. The molecule has 2 aliphatic rings. The van der Waals surface area contributed by atoms with Crippen LogP contribution in [0.1, 0.15) is 50.6 Å². The monoisotopic (exact) mass is 258 g/mol. The van der Waals surface area contributed by atoms with Gasteiger partial charge in [0.15, 0.2) is 0 Å². The maximum atomic E-state index is 3.81. The first-order valence-corrected chi connectivity index (χ1v) is 7.92. The highest BCUT2D eigenvalue weighted by Gasteiger charge is 2.30. The lowest BCUT2D eigenvalue weighted by Gasteiger charge is -2.38. The number of benzene rings is 1. The van der Waals surface area contributed by atoms with Gasteiger partial charge in [-0.15, -0.1) is 0 Å². The third-order valence-electron chi connectivity index (χ3n) is 4.51. The van der Waals surface area contributed by atoms with Crippen molar-refractivity contribution in [2.45, 2.75) is 57.2 Å². The van der Waals surface area contributed by atoms with E-state index in [1.54, 1.807) is 0 Å². The maximum absolute atomic E-state index is 3.81. The van der Waals surface area contributed by atoms with E-state index < -0.39 is 0 Å². The fraction of sp³-hybridized carbons (Fsp3) is 0.647. The van der Waals surface area contributed by atoms with Gasteiger partial charge in [-0.2, -0.15) is 0 Å².